The van der Waals surface area contributed by atoms with Gasteiger partial charge in [-0.1, -0.05) is 84.9 Å². The van der Waals surface area contributed by atoms with Crippen molar-refractivity contribution in [2.24, 2.45) is 5.41 Å². The Hall–Kier alpha value is -4.25. The van der Waals surface area contributed by atoms with Crippen LogP contribution in [0.2, 0.25) is 0 Å². The molecular weight excluding hydrogens is 428 g/mol. The van der Waals surface area contributed by atoms with Crippen LogP contribution in [0.3, 0.4) is 0 Å². The third-order valence-corrected chi connectivity index (χ3v) is 6.16. The van der Waals surface area contributed by atoms with E-state index in [4.69, 9.17) is 0 Å². The monoisotopic (exact) mass is 452 g/mol. The number of hydrogen-bond acceptors (Lipinski definition) is 3. The number of carbonyl (C=O) groups excluding carboxylic acids is 1. The van der Waals surface area contributed by atoms with Gasteiger partial charge in [-0.05, 0) is 48.1 Å². The van der Waals surface area contributed by atoms with Gasteiger partial charge in [0, 0.05) is 22.1 Å². The molecule has 0 saturated carbocycles. The van der Waals surface area contributed by atoms with Gasteiger partial charge in [-0.2, -0.15) is 0 Å². The zero-order valence-electron chi connectivity index (χ0n) is 18.5. The van der Waals surface area contributed by atoms with Crippen LogP contribution in [0.4, 0.5) is 0 Å². The van der Waals surface area contributed by atoms with E-state index >= 15 is 0 Å². The quantitative estimate of drug-likeness (QED) is 0.439. The Kier molecular flexibility index (Phi) is 6.55. The molecule has 0 unspecified atom stereocenters. The maximum Gasteiger partial charge on any atom is 0.331 e. The smallest absolute Gasteiger partial charge is 0.331 e. The molecule has 0 fully saturated rings. The lowest BCUT2D eigenvalue weighted by Crippen LogP contribution is -2.32. The molecule has 0 amide bonds. The summed E-state index contributed by atoms with van der Waals surface area (Å²) in [5.74, 6) is -2.48. The second kappa shape index (κ2) is 9.71. The SMILES string of the molecule is O=C(O)/C(=C\c1ccccc1)CC1(C/C(=C/c2ccccc2)C(=O)O)Cc2ccccc2C1=O. The molecule has 5 heteroatoms. The lowest BCUT2D eigenvalue weighted by molar-refractivity contribution is -0.133. The van der Waals surface area contributed by atoms with Gasteiger partial charge in [0.1, 0.15) is 0 Å². The maximum atomic E-state index is 13.7. The van der Waals surface area contributed by atoms with Gasteiger partial charge in [0.05, 0.1) is 0 Å². The first kappa shape index (κ1) is 22.9. The summed E-state index contributed by atoms with van der Waals surface area (Å²) in [7, 11) is 0. The van der Waals surface area contributed by atoms with Crippen molar-refractivity contribution in [3.8, 4) is 0 Å². The molecule has 3 aromatic carbocycles. The van der Waals surface area contributed by atoms with Gasteiger partial charge in [0.2, 0.25) is 0 Å². The number of benzene rings is 3. The Morgan fingerprint density at radius 2 is 1.15 bits per heavy atom. The molecule has 2 N–H and O–H groups in total. The van der Waals surface area contributed by atoms with E-state index in [1.54, 1.807) is 48.6 Å². The van der Waals surface area contributed by atoms with Crippen LogP contribution in [0.5, 0.6) is 0 Å². The van der Waals surface area contributed by atoms with Crippen molar-refractivity contribution in [3.63, 3.8) is 0 Å². The number of carboxylic acids is 2. The minimum atomic E-state index is -1.21. The average Bonchev–Trinajstić information content (AvgIpc) is 3.11. The molecule has 0 radical (unpaired) electrons. The highest BCUT2D eigenvalue weighted by Gasteiger charge is 2.47. The Bertz CT molecular complexity index is 1220. The van der Waals surface area contributed by atoms with Crippen LogP contribution in [0.1, 0.15) is 39.9 Å². The molecule has 0 spiro atoms. The first-order chi connectivity index (χ1) is 16.4. The Morgan fingerprint density at radius 3 is 1.59 bits per heavy atom. The number of carbonyl (C=O) groups is 3. The number of carboxylic acid groups (broad SMARTS) is 2. The number of rotatable bonds is 8. The summed E-state index contributed by atoms with van der Waals surface area (Å²) in [6.07, 6.45) is 3.23. The molecular formula is C29H24O5. The maximum absolute atomic E-state index is 13.7. The molecule has 34 heavy (non-hydrogen) atoms. The summed E-state index contributed by atoms with van der Waals surface area (Å²) in [6, 6.07) is 25.2. The van der Waals surface area contributed by atoms with Crippen LogP contribution in [-0.2, 0) is 16.0 Å². The number of hydrogen-bond donors (Lipinski definition) is 2. The highest BCUT2D eigenvalue weighted by Crippen LogP contribution is 2.46. The molecule has 1 aliphatic rings. The standard InChI is InChI=1S/C29H24O5/c30-26-25-14-8-7-13-22(25)17-29(26,18-23(27(31)32)15-20-9-3-1-4-10-20)19-24(28(33)34)16-21-11-5-2-6-12-21/h1-16H,17-19H2,(H,31,32)(H,33,34)/b23-15-,24-16-. The topological polar surface area (TPSA) is 91.7 Å². The van der Waals surface area contributed by atoms with Crippen molar-refractivity contribution in [2.45, 2.75) is 19.3 Å². The molecule has 3 aromatic rings. The molecule has 0 bridgehead atoms. The molecule has 5 nitrogen and oxygen atoms in total. The van der Waals surface area contributed by atoms with Gasteiger partial charge in [-0.25, -0.2) is 9.59 Å². The normalized spacial score (nSPS) is 17.9. The largest absolute Gasteiger partial charge is 0.478 e. The van der Waals surface area contributed by atoms with E-state index < -0.39 is 17.4 Å². The van der Waals surface area contributed by atoms with Crippen LogP contribution in [-0.4, -0.2) is 27.9 Å². The fraction of sp³-hybridized carbons (Fsp3) is 0.138. The number of fused-ring (bicyclic) bond motifs is 1. The number of Topliss-reactive ketones (excluding diaryl/α,β-unsaturated/α-hetero) is 1. The van der Waals surface area contributed by atoms with E-state index in [-0.39, 0.29) is 36.2 Å². The predicted octanol–water partition coefficient (Wildman–Crippen LogP) is 5.53. The van der Waals surface area contributed by atoms with Gasteiger partial charge >= 0.3 is 11.9 Å². The van der Waals surface area contributed by atoms with Crippen LogP contribution in [0.15, 0.2) is 96.1 Å². The van der Waals surface area contributed by atoms with Gasteiger partial charge in [0.25, 0.3) is 0 Å². The molecule has 1 aliphatic carbocycles. The van der Waals surface area contributed by atoms with Crippen LogP contribution >= 0.6 is 0 Å². The van der Waals surface area contributed by atoms with E-state index in [0.717, 1.165) is 5.56 Å². The van der Waals surface area contributed by atoms with E-state index in [0.29, 0.717) is 16.7 Å². The van der Waals surface area contributed by atoms with E-state index in [1.807, 2.05) is 48.5 Å². The predicted molar refractivity (Wildman–Crippen MR) is 130 cm³/mol. The molecule has 0 aromatic heterocycles. The summed E-state index contributed by atoms with van der Waals surface area (Å²) >= 11 is 0. The highest BCUT2D eigenvalue weighted by atomic mass is 16.4. The average molecular weight is 453 g/mol. The molecule has 4 rings (SSSR count). The zero-order chi connectivity index (χ0) is 24.1. The summed E-state index contributed by atoms with van der Waals surface area (Å²) < 4.78 is 0. The first-order valence-electron chi connectivity index (χ1n) is 11.0. The van der Waals surface area contributed by atoms with Crippen molar-refractivity contribution in [2.75, 3.05) is 0 Å². The van der Waals surface area contributed by atoms with Gasteiger partial charge in [-0.3, -0.25) is 4.79 Å². The third-order valence-electron chi connectivity index (χ3n) is 6.16. The third kappa shape index (κ3) is 4.89. The van der Waals surface area contributed by atoms with Gasteiger partial charge in [0.15, 0.2) is 5.78 Å². The van der Waals surface area contributed by atoms with Crippen molar-refractivity contribution in [1.82, 2.24) is 0 Å². The van der Waals surface area contributed by atoms with Gasteiger partial charge < -0.3 is 10.2 Å². The van der Waals surface area contributed by atoms with Crippen molar-refractivity contribution >= 4 is 29.9 Å². The minimum Gasteiger partial charge on any atom is -0.478 e. The lowest BCUT2D eigenvalue weighted by atomic mass is 9.72. The number of ketones is 1. The number of aliphatic carboxylic acids is 2. The molecule has 0 aliphatic heterocycles. The lowest BCUT2D eigenvalue weighted by Gasteiger charge is -2.28. The van der Waals surface area contributed by atoms with Crippen molar-refractivity contribution in [3.05, 3.63) is 118 Å². The second-order valence-corrected chi connectivity index (χ2v) is 8.57. The van der Waals surface area contributed by atoms with E-state index in [1.165, 1.54) is 0 Å². The Balaban J connectivity index is 1.79. The van der Waals surface area contributed by atoms with Crippen LogP contribution < -0.4 is 0 Å². The van der Waals surface area contributed by atoms with E-state index in [2.05, 4.69) is 0 Å². The van der Waals surface area contributed by atoms with Crippen LogP contribution in [0, 0.1) is 5.41 Å². The van der Waals surface area contributed by atoms with E-state index in [9.17, 15) is 24.6 Å². The highest BCUT2D eigenvalue weighted by molar-refractivity contribution is 6.07. The summed E-state index contributed by atoms with van der Waals surface area (Å²) in [6.45, 7) is 0. The Labute approximate surface area is 197 Å². The van der Waals surface area contributed by atoms with Crippen molar-refractivity contribution in [1.29, 1.82) is 0 Å². The minimum absolute atomic E-state index is 0.0665. The fourth-order valence-electron chi connectivity index (χ4n) is 4.58. The zero-order valence-corrected chi connectivity index (χ0v) is 18.5. The molecule has 0 saturated heterocycles. The first-order valence-corrected chi connectivity index (χ1v) is 11.0. The fourth-order valence-corrected chi connectivity index (χ4v) is 4.58. The summed E-state index contributed by atoms with van der Waals surface area (Å²) in [5.41, 5.74) is 1.67. The molecule has 170 valence electrons. The molecule has 0 heterocycles. The summed E-state index contributed by atoms with van der Waals surface area (Å²) in [5, 5.41) is 20.0. The van der Waals surface area contributed by atoms with Crippen LogP contribution in [0.25, 0.3) is 12.2 Å². The van der Waals surface area contributed by atoms with Crippen molar-refractivity contribution < 1.29 is 24.6 Å². The second-order valence-electron chi connectivity index (χ2n) is 8.57. The van der Waals surface area contributed by atoms with Gasteiger partial charge in [-0.15, -0.1) is 0 Å². The Morgan fingerprint density at radius 1 is 0.706 bits per heavy atom. The molecule has 0 atom stereocenters. The summed E-state index contributed by atoms with van der Waals surface area (Å²) in [4.78, 5) is 38.1.